The lowest BCUT2D eigenvalue weighted by Gasteiger charge is -2.24. The van der Waals surface area contributed by atoms with E-state index in [0.29, 0.717) is 30.3 Å². The molecular weight excluding hydrogens is 280 g/mol. The van der Waals surface area contributed by atoms with Crippen LogP contribution in [-0.2, 0) is 0 Å². The number of Topliss-reactive ketones (excluding diaryl/α,β-unsaturated/α-hetero) is 1. The van der Waals surface area contributed by atoms with Crippen molar-refractivity contribution in [3.63, 3.8) is 0 Å². The van der Waals surface area contributed by atoms with Crippen molar-refractivity contribution in [1.29, 1.82) is 0 Å². The predicted molar refractivity (Wildman–Crippen MR) is 83.2 cm³/mol. The van der Waals surface area contributed by atoms with Crippen LogP contribution < -0.4 is 14.2 Å². The van der Waals surface area contributed by atoms with Gasteiger partial charge in [0.25, 0.3) is 0 Å². The van der Waals surface area contributed by atoms with E-state index in [0.717, 1.165) is 11.3 Å². The van der Waals surface area contributed by atoms with Gasteiger partial charge in [-0.3, -0.25) is 4.79 Å². The Hall–Kier alpha value is -2.49. The van der Waals surface area contributed by atoms with Gasteiger partial charge in [-0.1, -0.05) is 12.1 Å². The third kappa shape index (κ3) is 2.64. The summed E-state index contributed by atoms with van der Waals surface area (Å²) in [4.78, 5) is 12.7. The van der Waals surface area contributed by atoms with Crippen molar-refractivity contribution in [3.8, 4) is 17.2 Å². The number of carbonyl (C=O) groups is 1. The Morgan fingerprint density at radius 1 is 1.14 bits per heavy atom. The van der Waals surface area contributed by atoms with E-state index in [1.54, 1.807) is 25.3 Å². The van der Waals surface area contributed by atoms with Gasteiger partial charge in [-0.25, -0.2) is 0 Å². The van der Waals surface area contributed by atoms with Crippen LogP contribution in [0.2, 0.25) is 0 Å². The summed E-state index contributed by atoms with van der Waals surface area (Å²) in [7, 11) is 1.59. The molecule has 0 bridgehead atoms. The van der Waals surface area contributed by atoms with Crippen molar-refractivity contribution < 1.29 is 19.0 Å². The fourth-order valence-corrected chi connectivity index (χ4v) is 2.60. The monoisotopic (exact) mass is 298 g/mol. The van der Waals surface area contributed by atoms with Crippen LogP contribution in [0, 0.1) is 0 Å². The van der Waals surface area contributed by atoms with E-state index in [1.807, 2.05) is 31.2 Å². The molecule has 1 aliphatic rings. The van der Waals surface area contributed by atoms with Crippen LogP contribution in [0.4, 0.5) is 0 Å². The van der Waals surface area contributed by atoms with Crippen molar-refractivity contribution in [2.24, 2.45) is 0 Å². The number of ketones is 1. The summed E-state index contributed by atoms with van der Waals surface area (Å²) >= 11 is 0. The number of carbonyl (C=O) groups excluding carboxylic acids is 1. The van der Waals surface area contributed by atoms with Crippen LogP contribution in [0.1, 0.15) is 28.8 Å². The number of hydrogen-bond donors (Lipinski definition) is 0. The fraction of sp³-hybridized carbons (Fsp3) is 0.278. The second-order valence-electron chi connectivity index (χ2n) is 5.09. The first-order valence-electron chi connectivity index (χ1n) is 7.30. The lowest BCUT2D eigenvalue weighted by molar-refractivity contribution is 0.0896. The summed E-state index contributed by atoms with van der Waals surface area (Å²) < 4.78 is 16.3. The van der Waals surface area contributed by atoms with Crippen LogP contribution in [0.25, 0.3) is 0 Å². The molecular formula is C18H18O4. The average molecular weight is 298 g/mol. The molecule has 0 N–H and O–H groups in total. The Kier molecular flexibility index (Phi) is 4.00. The molecule has 3 rings (SSSR count). The molecule has 22 heavy (non-hydrogen) atoms. The molecule has 1 heterocycles. The van der Waals surface area contributed by atoms with Crippen molar-refractivity contribution in [3.05, 3.63) is 53.6 Å². The zero-order valence-corrected chi connectivity index (χ0v) is 12.7. The first-order valence-corrected chi connectivity index (χ1v) is 7.30. The van der Waals surface area contributed by atoms with Gasteiger partial charge in [0.1, 0.15) is 23.9 Å². The Morgan fingerprint density at radius 3 is 2.55 bits per heavy atom. The maximum atomic E-state index is 12.7. The average Bonchev–Trinajstić information content (AvgIpc) is 2.56. The highest BCUT2D eigenvalue weighted by atomic mass is 16.5. The molecule has 2 aromatic rings. The Morgan fingerprint density at radius 2 is 1.86 bits per heavy atom. The van der Waals surface area contributed by atoms with Crippen LogP contribution in [0.3, 0.4) is 0 Å². The van der Waals surface area contributed by atoms with E-state index in [9.17, 15) is 4.79 Å². The summed E-state index contributed by atoms with van der Waals surface area (Å²) in [5.74, 6) is 1.88. The smallest absolute Gasteiger partial charge is 0.177 e. The van der Waals surface area contributed by atoms with Crippen molar-refractivity contribution in [2.45, 2.75) is 12.8 Å². The Balaban J connectivity index is 1.86. The van der Waals surface area contributed by atoms with E-state index in [2.05, 4.69) is 0 Å². The van der Waals surface area contributed by atoms with E-state index in [1.165, 1.54) is 0 Å². The third-order valence-electron chi connectivity index (χ3n) is 3.77. The second kappa shape index (κ2) is 6.10. The van der Waals surface area contributed by atoms with Gasteiger partial charge in [0.2, 0.25) is 0 Å². The SMILES string of the molecule is CCOc1ccc(C2COc3cc(OC)ccc3C2=O)cc1. The highest BCUT2D eigenvalue weighted by Gasteiger charge is 2.30. The molecule has 0 aromatic heterocycles. The molecule has 4 nitrogen and oxygen atoms in total. The van der Waals surface area contributed by atoms with Crippen molar-refractivity contribution >= 4 is 5.78 Å². The topological polar surface area (TPSA) is 44.8 Å². The molecule has 0 amide bonds. The zero-order chi connectivity index (χ0) is 15.5. The molecule has 0 fully saturated rings. The molecule has 0 spiro atoms. The summed E-state index contributed by atoms with van der Waals surface area (Å²) in [6.07, 6.45) is 0. The molecule has 4 heteroatoms. The van der Waals surface area contributed by atoms with Crippen LogP contribution >= 0.6 is 0 Å². The lowest BCUT2D eigenvalue weighted by Crippen LogP contribution is -2.26. The molecule has 1 unspecified atom stereocenters. The van der Waals surface area contributed by atoms with Crippen molar-refractivity contribution in [2.75, 3.05) is 20.3 Å². The van der Waals surface area contributed by atoms with Gasteiger partial charge < -0.3 is 14.2 Å². The highest BCUT2D eigenvalue weighted by Crippen LogP contribution is 2.35. The number of fused-ring (bicyclic) bond motifs is 1. The van der Waals surface area contributed by atoms with Gasteiger partial charge in [-0.2, -0.15) is 0 Å². The Labute approximate surface area is 129 Å². The first-order chi connectivity index (χ1) is 10.7. The van der Waals surface area contributed by atoms with Gasteiger partial charge in [0, 0.05) is 6.07 Å². The highest BCUT2D eigenvalue weighted by molar-refractivity contribution is 6.04. The van der Waals surface area contributed by atoms with E-state index in [-0.39, 0.29) is 11.7 Å². The number of rotatable bonds is 4. The molecule has 1 atom stereocenters. The number of ether oxygens (including phenoxy) is 3. The normalized spacial score (nSPS) is 16.6. The van der Waals surface area contributed by atoms with E-state index >= 15 is 0 Å². The summed E-state index contributed by atoms with van der Waals surface area (Å²) in [5, 5.41) is 0. The predicted octanol–water partition coefficient (Wildman–Crippen LogP) is 3.45. The maximum Gasteiger partial charge on any atom is 0.177 e. The fourth-order valence-electron chi connectivity index (χ4n) is 2.60. The van der Waals surface area contributed by atoms with E-state index < -0.39 is 0 Å². The van der Waals surface area contributed by atoms with Gasteiger partial charge in [-0.15, -0.1) is 0 Å². The standard InChI is InChI=1S/C18H18O4/c1-3-21-13-6-4-12(5-7-13)16-11-22-17-10-14(20-2)8-9-15(17)18(16)19/h4-10,16H,3,11H2,1-2H3. The van der Waals surface area contributed by atoms with Crippen LogP contribution in [0.5, 0.6) is 17.2 Å². The summed E-state index contributed by atoms with van der Waals surface area (Å²) in [6, 6.07) is 12.9. The molecule has 0 saturated carbocycles. The molecule has 0 radical (unpaired) electrons. The number of methoxy groups -OCH3 is 1. The number of benzene rings is 2. The summed E-state index contributed by atoms with van der Waals surface area (Å²) in [5.41, 5.74) is 1.54. The minimum absolute atomic E-state index is 0.0769. The van der Waals surface area contributed by atoms with Crippen LogP contribution in [-0.4, -0.2) is 26.1 Å². The first kappa shape index (κ1) is 14.4. The quantitative estimate of drug-likeness (QED) is 0.867. The van der Waals surface area contributed by atoms with E-state index in [4.69, 9.17) is 14.2 Å². The molecule has 0 aliphatic carbocycles. The minimum atomic E-state index is -0.281. The third-order valence-corrected chi connectivity index (χ3v) is 3.77. The van der Waals surface area contributed by atoms with Gasteiger partial charge >= 0.3 is 0 Å². The van der Waals surface area contributed by atoms with Gasteiger partial charge in [0.15, 0.2) is 5.78 Å². The minimum Gasteiger partial charge on any atom is -0.497 e. The van der Waals surface area contributed by atoms with Crippen molar-refractivity contribution in [1.82, 2.24) is 0 Å². The largest absolute Gasteiger partial charge is 0.497 e. The summed E-state index contributed by atoms with van der Waals surface area (Å²) in [6.45, 7) is 2.91. The molecule has 114 valence electrons. The van der Waals surface area contributed by atoms with Crippen LogP contribution in [0.15, 0.2) is 42.5 Å². The second-order valence-corrected chi connectivity index (χ2v) is 5.09. The molecule has 2 aromatic carbocycles. The zero-order valence-electron chi connectivity index (χ0n) is 12.7. The maximum absolute atomic E-state index is 12.7. The van der Waals surface area contributed by atoms with Gasteiger partial charge in [0.05, 0.1) is 25.2 Å². The molecule has 1 aliphatic heterocycles. The Bertz CT molecular complexity index is 676. The van der Waals surface area contributed by atoms with Gasteiger partial charge in [-0.05, 0) is 36.8 Å². The molecule has 0 saturated heterocycles. The number of hydrogen-bond acceptors (Lipinski definition) is 4. The lowest BCUT2D eigenvalue weighted by atomic mass is 9.89.